The molecule has 0 spiro atoms. The minimum absolute atomic E-state index is 0.710. The fraction of sp³-hybridized carbons (Fsp3) is 0.312. The van der Waals surface area contributed by atoms with Crippen molar-refractivity contribution in [2.24, 2.45) is 0 Å². The summed E-state index contributed by atoms with van der Waals surface area (Å²) in [5.74, 6) is 0.870. The molecule has 0 aliphatic heterocycles. The Balaban J connectivity index is 1.64. The van der Waals surface area contributed by atoms with Gasteiger partial charge in [0.15, 0.2) is 0 Å². The molecule has 4 nitrogen and oxygen atoms in total. The van der Waals surface area contributed by atoms with Crippen LogP contribution in [0, 0.1) is 0 Å². The standard InChI is InChI=1S/C16H21N3O/c1-19(13-14-4-2-9-18-12-14)10-3-11-20-16-7-5-15(17)6-8-16/h2,4-9,12H,3,10-11,13,17H2,1H3. The summed E-state index contributed by atoms with van der Waals surface area (Å²) in [6.07, 6.45) is 4.69. The van der Waals surface area contributed by atoms with Crippen LogP contribution in [0.25, 0.3) is 0 Å². The molecule has 1 heterocycles. The van der Waals surface area contributed by atoms with Gasteiger partial charge in [0.25, 0.3) is 0 Å². The summed E-state index contributed by atoms with van der Waals surface area (Å²) < 4.78 is 5.67. The SMILES string of the molecule is CN(CCCOc1ccc(N)cc1)Cc1cccnc1. The van der Waals surface area contributed by atoms with Crippen LogP contribution in [-0.2, 0) is 6.54 Å². The average Bonchev–Trinajstić information content (AvgIpc) is 2.46. The van der Waals surface area contributed by atoms with E-state index in [1.165, 1.54) is 5.56 Å². The molecular weight excluding hydrogens is 250 g/mol. The smallest absolute Gasteiger partial charge is 0.119 e. The number of hydrogen-bond acceptors (Lipinski definition) is 4. The molecule has 1 aromatic carbocycles. The molecule has 2 aromatic rings. The van der Waals surface area contributed by atoms with Gasteiger partial charge >= 0.3 is 0 Å². The van der Waals surface area contributed by atoms with Gasteiger partial charge in [-0.05, 0) is 49.4 Å². The number of nitrogens with zero attached hydrogens (tertiary/aromatic N) is 2. The summed E-state index contributed by atoms with van der Waals surface area (Å²) in [7, 11) is 2.11. The monoisotopic (exact) mass is 271 g/mol. The Morgan fingerprint density at radius 3 is 2.70 bits per heavy atom. The van der Waals surface area contributed by atoms with E-state index in [0.29, 0.717) is 6.61 Å². The topological polar surface area (TPSA) is 51.4 Å². The second kappa shape index (κ2) is 7.50. The van der Waals surface area contributed by atoms with Crippen LogP contribution in [0.5, 0.6) is 5.75 Å². The summed E-state index contributed by atoms with van der Waals surface area (Å²) >= 11 is 0. The second-order valence-electron chi connectivity index (χ2n) is 4.87. The molecule has 0 radical (unpaired) electrons. The molecule has 2 rings (SSSR count). The number of aromatic nitrogens is 1. The number of nitrogen functional groups attached to an aromatic ring is 1. The highest BCUT2D eigenvalue weighted by Crippen LogP contribution is 2.13. The van der Waals surface area contributed by atoms with E-state index in [1.54, 1.807) is 6.20 Å². The zero-order chi connectivity index (χ0) is 14.2. The lowest BCUT2D eigenvalue weighted by atomic mass is 10.2. The largest absolute Gasteiger partial charge is 0.494 e. The van der Waals surface area contributed by atoms with E-state index in [4.69, 9.17) is 10.5 Å². The van der Waals surface area contributed by atoms with E-state index in [2.05, 4.69) is 23.0 Å². The normalized spacial score (nSPS) is 10.7. The van der Waals surface area contributed by atoms with E-state index in [-0.39, 0.29) is 0 Å². The van der Waals surface area contributed by atoms with Crippen LogP contribution in [-0.4, -0.2) is 30.1 Å². The molecule has 20 heavy (non-hydrogen) atoms. The average molecular weight is 271 g/mol. The maximum absolute atomic E-state index is 5.67. The van der Waals surface area contributed by atoms with Gasteiger partial charge < -0.3 is 15.4 Å². The summed E-state index contributed by atoms with van der Waals surface area (Å²) in [6.45, 7) is 2.61. The Hall–Kier alpha value is -2.07. The van der Waals surface area contributed by atoms with Crippen molar-refractivity contribution in [2.75, 3.05) is 25.9 Å². The summed E-state index contributed by atoms with van der Waals surface area (Å²) in [5.41, 5.74) is 7.62. The first-order valence-electron chi connectivity index (χ1n) is 6.80. The fourth-order valence-electron chi connectivity index (χ4n) is 1.97. The zero-order valence-corrected chi connectivity index (χ0v) is 11.8. The number of hydrogen-bond donors (Lipinski definition) is 1. The molecule has 0 amide bonds. The van der Waals surface area contributed by atoms with E-state index < -0.39 is 0 Å². The number of nitrogens with two attached hydrogens (primary N) is 1. The second-order valence-corrected chi connectivity index (χ2v) is 4.87. The van der Waals surface area contributed by atoms with Crippen molar-refractivity contribution in [1.82, 2.24) is 9.88 Å². The Labute approximate surface area is 120 Å². The highest BCUT2D eigenvalue weighted by Gasteiger charge is 2.00. The molecule has 1 aromatic heterocycles. The Morgan fingerprint density at radius 2 is 2.00 bits per heavy atom. The molecule has 0 aliphatic carbocycles. The number of benzene rings is 1. The van der Waals surface area contributed by atoms with Crippen molar-refractivity contribution in [3.8, 4) is 5.75 Å². The summed E-state index contributed by atoms with van der Waals surface area (Å²) in [4.78, 5) is 6.39. The third kappa shape index (κ3) is 4.90. The number of rotatable bonds is 7. The minimum Gasteiger partial charge on any atom is -0.494 e. The van der Waals surface area contributed by atoms with Crippen LogP contribution >= 0.6 is 0 Å². The Bertz CT molecular complexity index is 499. The van der Waals surface area contributed by atoms with Crippen LogP contribution in [0.3, 0.4) is 0 Å². The summed E-state index contributed by atoms with van der Waals surface area (Å²) in [6, 6.07) is 11.6. The molecule has 0 fully saturated rings. The first kappa shape index (κ1) is 14.3. The van der Waals surface area contributed by atoms with Gasteiger partial charge in [-0.2, -0.15) is 0 Å². The molecule has 0 saturated carbocycles. The number of ether oxygens (including phenoxy) is 1. The Kier molecular flexibility index (Phi) is 5.38. The van der Waals surface area contributed by atoms with E-state index in [9.17, 15) is 0 Å². The minimum atomic E-state index is 0.710. The van der Waals surface area contributed by atoms with Gasteiger partial charge in [-0.15, -0.1) is 0 Å². The van der Waals surface area contributed by atoms with Gasteiger partial charge in [-0.3, -0.25) is 4.98 Å². The van der Waals surface area contributed by atoms with Crippen molar-refractivity contribution in [2.45, 2.75) is 13.0 Å². The van der Waals surface area contributed by atoms with Crippen LogP contribution in [0.4, 0.5) is 5.69 Å². The molecule has 0 atom stereocenters. The fourth-order valence-corrected chi connectivity index (χ4v) is 1.97. The first-order chi connectivity index (χ1) is 9.74. The van der Waals surface area contributed by atoms with Crippen molar-refractivity contribution < 1.29 is 4.74 Å². The molecule has 2 N–H and O–H groups in total. The lowest BCUT2D eigenvalue weighted by molar-refractivity contribution is 0.258. The quantitative estimate of drug-likeness (QED) is 0.621. The molecular formula is C16H21N3O. The van der Waals surface area contributed by atoms with E-state index in [0.717, 1.165) is 30.9 Å². The molecule has 0 aliphatic rings. The van der Waals surface area contributed by atoms with E-state index in [1.807, 2.05) is 36.5 Å². The molecule has 0 saturated heterocycles. The van der Waals surface area contributed by atoms with Gasteiger partial charge in [0.1, 0.15) is 5.75 Å². The third-order valence-corrected chi connectivity index (χ3v) is 3.01. The zero-order valence-electron chi connectivity index (χ0n) is 11.8. The maximum atomic E-state index is 5.67. The molecule has 4 heteroatoms. The van der Waals surface area contributed by atoms with Crippen molar-refractivity contribution in [1.29, 1.82) is 0 Å². The highest BCUT2D eigenvalue weighted by molar-refractivity contribution is 5.41. The third-order valence-electron chi connectivity index (χ3n) is 3.01. The number of anilines is 1. The molecule has 0 unspecified atom stereocenters. The van der Waals surface area contributed by atoms with Crippen LogP contribution in [0.1, 0.15) is 12.0 Å². The van der Waals surface area contributed by atoms with E-state index >= 15 is 0 Å². The van der Waals surface area contributed by atoms with Crippen LogP contribution in [0.15, 0.2) is 48.8 Å². The predicted octanol–water partition coefficient (Wildman–Crippen LogP) is 2.56. The first-order valence-corrected chi connectivity index (χ1v) is 6.80. The van der Waals surface area contributed by atoms with Gasteiger partial charge in [0.2, 0.25) is 0 Å². The van der Waals surface area contributed by atoms with Crippen molar-refractivity contribution >= 4 is 5.69 Å². The van der Waals surface area contributed by atoms with Crippen molar-refractivity contribution in [3.05, 3.63) is 54.4 Å². The van der Waals surface area contributed by atoms with Gasteiger partial charge in [-0.1, -0.05) is 6.07 Å². The predicted molar refractivity (Wildman–Crippen MR) is 81.5 cm³/mol. The number of pyridine rings is 1. The highest BCUT2D eigenvalue weighted by atomic mass is 16.5. The molecule has 106 valence electrons. The van der Waals surface area contributed by atoms with Gasteiger partial charge in [0.05, 0.1) is 6.61 Å². The molecule has 0 bridgehead atoms. The Morgan fingerprint density at radius 1 is 1.20 bits per heavy atom. The van der Waals surface area contributed by atoms with Crippen LogP contribution < -0.4 is 10.5 Å². The summed E-state index contributed by atoms with van der Waals surface area (Å²) in [5, 5.41) is 0. The lowest BCUT2D eigenvalue weighted by Gasteiger charge is -2.16. The van der Waals surface area contributed by atoms with Crippen molar-refractivity contribution in [3.63, 3.8) is 0 Å². The lowest BCUT2D eigenvalue weighted by Crippen LogP contribution is -2.20. The van der Waals surface area contributed by atoms with Gasteiger partial charge in [-0.25, -0.2) is 0 Å². The van der Waals surface area contributed by atoms with Crippen LogP contribution in [0.2, 0.25) is 0 Å². The maximum Gasteiger partial charge on any atom is 0.119 e. The van der Waals surface area contributed by atoms with Gasteiger partial charge in [0, 0.05) is 31.2 Å².